The molecule has 0 saturated heterocycles. The number of hydrogen-bond acceptors (Lipinski definition) is 3. The smallest absolute Gasteiger partial charge is 0.393 e. The Bertz CT molecular complexity index is 469. The highest BCUT2D eigenvalue weighted by Crippen LogP contribution is 2.30. The van der Waals surface area contributed by atoms with E-state index in [0.717, 1.165) is 6.07 Å². The average Bonchev–Trinajstić information content (AvgIpc) is 2.35. The standard InChI is InChI=1S/C14H17F3O3/c1-8(18)7-12(19)9(2)10-5-3-4-6-11(10)13(20)14(15,16)17/h3-6,8-9,12,18-19H,7H2,1-2H3. The van der Waals surface area contributed by atoms with Gasteiger partial charge in [0.25, 0.3) is 5.78 Å². The highest BCUT2D eigenvalue weighted by Gasteiger charge is 2.41. The lowest BCUT2D eigenvalue weighted by molar-refractivity contribution is -0.0886. The maximum Gasteiger partial charge on any atom is 0.454 e. The van der Waals surface area contributed by atoms with Crippen molar-refractivity contribution in [3.8, 4) is 0 Å². The van der Waals surface area contributed by atoms with Gasteiger partial charge in [-0.15, -0.1) is 0 Å². The molecule has 20 heavy (non-hydrogen) atoms. The fraction of sp³-hybridized carbons (Fsp3) is 0.500. The minimum Gasteiger partial charge on any atom is -0.393 e. The van der Waals surface area contributed by atoms with Gasteiger partial charge in [-0.3, -0.25) is 4.79 Å². The number of benzene rings is 1. The zero-order valence-corrected chi connectivity index (χ0v) is 11.2. The molecule has 0 heterocycles. The third kappa shape index (κ3) is 4.05. The Morgan fingerprint density at radius 1 is 1.20 bits per heavy atom. The van der Waals surface area contributed by atoms with Gasteiger partial charge in [-0.05, 0) is 18.9 Å². The van der Waals surface area contributed by atoms with Crippen LogP contribution in [0.1, 0.15) is 42.1 Å². The number of Topliss-reactive ketones (excluding diaryl/α,β-unsaturated/α-hetero) is 1. The highest BCUT2D eigenvalue weighted by atomic mass is 19.4. The average molecular weight is 290 g/mol. The van der Waals surface area contributed by atoms with Crippen molar-refractivity contribution in [1.82, 2.24) is 0 Å². The number of halogens is 3. The van der Waals surface area contributed by atoms with Crippen molar-refractivity contribution in [2.45, 2.75) is 44.6 Å². The molecule has 0 aliphatic carbocycles. The molecule has 0 aliphatic rings. The number of hydrogen-bond donors (Lipinski definition) is 2. The van der Waals surface area contributed by atoms with E-state index in [9.17, 15) is 28.2 Å². The van der Waals surface area contributed by atoms with Crippen molar-refractivity contribution in [3.05, 3.63) is 35.4 Å². The second-order valence-corrected chi connectivity index (χ2v) is 4.85. The van der Waals surface area contributed by atoms with Crippen molar-refractivity contribution >= 4 is 5.78 Å². The van der Waals surface area contributed by atoms with E-state index < -0.39 is 35.6 Å². The van der Waals surface area contributed by atoms with Gasteiger partial charge in [-0.25, -0.2) is 0 Å². The summed E-state index contributed by atoms with van der Waals surface area (Å²) in [4.78, 5) is 11.4. The summed E-state index contributed by atoms with van der Waals surface area (Å²) < 4.78 is 37.6. The van der Waals surface area contributed by atoms with Crippen LogP contribution in [0.4, 0.5) is 13.2 Å². The monoisotopic (exact) mass is 290 g/mol. The summed E-state index contributed by atoms with van der Waals surface area (Å²) in [6.45, 7) is 3.00. The van der Waals surface area contributed by atoms with Crippen LogP contribution in [-0.4, -0.2) is 34.4 Å². The molecule has 6 heteroatoms. The van der Waals surface area contributed by atoms with Gasteiger partial charge >= 0.3 is 6.18 Å². The molecule has 0 amide bonds. The van der Waals surface area contributed by atoms with Crippen molar-refractivity contribution in [2.75, 3.05) is 0 Å². The van der Waals surface area contributed by atoms with E-state index in [4.69, 9.17) is 0 Å². The van der Waals surface area contributed by atoms with Crippen LogP contribution in [-0.2, 0) is 0 Å². The van der Waals surface area contributed by atoms with E-state index in [1.165, 1.54) is 32.0 Å². The molecule has 0 bridgehead atoms. The summed E-state index contributed by atoms with van der Waals surface area (Å²) in [6, 6.07) is 5.33. The summed E-state index contributed by atoms with van der Waals surface area (Å²) in [7, 11) is 0. The largest absolute Gasteiger partial charge is 0.454 e. The third-order valence-electron chi connectivity index (χ3n) is 3.11. The fourth-order valence-corrected chi connectivity index (χ4v) is 2.01. The molecule has 0 aromatic heterocycles. The summed E-state index contributed by atoms with van der Waals surface area (Å²) in [5.41, 5.74) is -0.333. The minimum absolute atomic E-state index is 0.0235. The van der Waals surface area contributed by atoms with Crippen LogP contribution in [0.25, 0.3) is 0 Å². The highest BCUT2D eigenvalue weighted by molar-refractivity contribution is 6.01. The molecule has 112 valence electrons. The Morgan fingerprint density at radius 2 is 1.75 bits per heavy atom. The summed E-state index contributed by atoms with van der Waals surface area (Å²) in [5.74, 6) is -2.61. The van der Waals surface area contributed by atoms with Gasteiger partial charge in [0, 0.05) is 11.5 Å². The minimum atomic E-state index is -4.95. The first kappa shape index (κ1) is 16.7. The number of rotatable bonds is 5. The second kappa shape index (κ2) is 6.37. The van der Waals surface area contributed by atoms with Gasteiger partial charge in [0.1, 0.15) is 0 Å². The van der Waals surface area contributed by atoms with Crippen LogP contribution in [0, 0.1) is 0 Å². The second-order valence-electron chi connectivity index (χ2n) is 4.85. The normalized spacial score (nSPS) is 16.6. The third-order valence-corrected chi connectivity index (χ3v) is 3.11. The quantitative estimate of drug-likeness (QED) is 0.820. The van der Waals surface area contributed by atoms with Gasteiger partial charge in [0.05, 0.1) is 12.2 Å². The van der Waals surface area contributed by atoms with E-state index in [1.807, 2.05) is 0 Å². The molecule has 0 spiro atoms. The first-order chi connectivity index (χ1) is 9.14. The van der Waals surface area contributed by atoms with Crippen LogP contribution in [0.5, 0.6) is 0 Å². The molecule has 3 unspecified atom stereocenters. The van der Waals surface area contributed by atoms with E-state index in [-0.39, 0.29) is 12.0 Å². The summed E-state index contributed by atoms with van der Waals surface area (Å²) >= 11 is 0. The number of aliphatic hydroxyl groups is 2. The molecule has 3 nitrogen and oxygen atoms in total. The molecule has 0 fully saturated rings. The van der Waals surface area contributed by atoms with E-state index in [2.05, 4.69) is 0 Å². The SMILES string of the molecule is CC(O)CC(O)C(C)c1ccccc1C(=O)C(F)(F)F. The maximum atomic E-state index is 12.5. The maximum absolute atomic E-state index is 12.5. The number of ketones is 1. The zero-order chi connectivity index (χ0) is 15.5. The van der Waals surface area contributed by atoms with Crippen LogP contribution >= 0.6 is 0 Å². The molecular weight excluding hydrogens is 273 g/mol. The van der Waals surface area contributed by atoms with E-state index in [1.54, 1.807) is 0 Å². The van der Waals surface area contributed by atoms with Crippen molar-refractivity contribution in [2.24, 2.45) is 0 Å². The Hall–Kier alpha value is -1.40. The molecule has 0 aliphatic heterocycles. The first-order valence-electron chi connectivity index (χ1n) is 6.21. The van der Waals surface area contributed by atoms with Gasteiger partial charge in [0.15, 0.2) is 0 Å². The van der Waals surface area contributed by atoms with Crippen molar-refractivity contribution in [3.63, 3.8) is 0 Å². The predicted molar refractivity (Wildman–Crippen MR) is 67.5 cm³/mol. The number of alkyl halides is 3. The summed E-state index contributed by atoms with van der Waals surface area (Å²) in [5, 5.41) is 19.1. The molecule has 0 radical (unpaired) electrons. The lowest BCUT2D eigenvalue weighted by Gasteiger charge is -2.22. The predicted octanol–water partition coefficient (Wildman–Crippen LogP) is 2.67. The molecule has 3 atom stereocenters. The number of aliphatic hydroxyl groups excluding tert-OH is 2. The number of carbonyl (C=O) groups excluding carboxylic acids is 1. The summed E-state index contributed by atoms with van der Waals surface area (Å²) in [6.07, 6.45) is -6.74. The number of carbonyl (C=O) groups is 1. The van der Waals surface area contributed by atoms with Gasteiger partial charge in [-0.1, -0.05) is 31.2 Å². The van der Waals surface area contributed by atoms with Crippen LogP contribution in [0.3, 0.4) is 0 Å². The van der Waals surface area contributed by atoms with Crippen molar-refractivity contribution in [1.29, 1.82) is 0 Å². The Labute approximate surface area is 115 Å². The van der Waals surface area contributed by atoms with Gasteiger partial charge < -0.3 is 10.2 Å². The lowest BCUT2D eigenvalue weighted by atomic mass is 9.87. The Balaban J connectivity index is 3.10. The van der Waals surface area contributed by atoms with Crippen LogP contribution in [0.2, 0.25) is 0 Å². The molecule has 2 N–H and O–H groups in total. The van der Waals surface area contributed by atoms with E-state index >= 15 is 0 Å². The molecule has 1 aromatic carbocycles. The van der Waals surface area contributed by atoms with Gasteiger partial charge in [-0.2, -0.15) is 13.2 Å². The molecule has 1 rings (SSSR count). The molecule has 0 saturated carbocycles. The van der Waals surface area contributed by atoms with Crippen molar-refractivity contribution < 1.29 is 28.2 Å². The Kier molecular flexibility index (Phi) is 5.30. The lowest BCUT2D eigenvalue weighted by Crippen LogP contribution is -2.27. The fourth-order valence-electron chi connectivity index (χ4n) is 2.01. The first-order valence-corrected chi connectivity index (χ1v) is 6.21. The van der Waals surface area contributed by atoms with Crippen LogP contribution in [0.15, 0.2) is 24.3 Å². The zero-order valence-electron chi connectivity index (χ0n) is 11.2. The van der Waals surface area contributed by atoms with Crippen LogP contribution < -0.4 is 0 Å². The molecule has 1 aromatic rings. The topological polar surface area (TPSA) is 57.5 Å². The molecular formula is C14H17F3O3. The Morgan fingerprint density at radius 3 is 2.25 bits per heavy atom. The van der Waals surface area contributed by atoms with Gasteiger partial charge in [0.2, 0.25) is 0 Å². The van der Waals surface area contributed by atoms with E-state index in [0.29, 0.717) is 0 Å².